The van der Waals surface area contributed by atoms with Gasteiger partial charge in [0.25, 0.3) is 0 Å². The third kappa shape index (κ3) is 7.28. The van der Waals surface area contributed by atoms with Gasteiger partial charge in [-0.3, -0.25) is 4.98 Å². The van der Waals surface area contributed by atoms with Crippen LogP contribution in [0.25, 0.3) is 92.6 Å². The predicted octanol–water partition coefficient (Wildman–Crippen LogP) is 13.8. The van der Waals surface area contributed by atoms with Gasteiger partial charge >= 0.3 is 0 Å². The Labute approximate surface area is 364 Å². The third-order valence-corrected chi connectivity index (χ3v) is 13.8. The number of imidazole rings is 1. The zero-order valence-corrected chi connectivity index (χ0v) is 37.0. The first kappa shape index (κ1) is 39.4. The molecular formula is C51H35F2IrN3OSSi-2. The van der Waals surface area contributed by atoms with E-state index in [2.05, 4.69) is 102 Å². The van der Waals surface area contributed by atoms with E-state index in [1.54, 1.807) is 11.3 Å². The maximum absolute atomic E-state index is 14.0. The van der Waals surface area contributed by atoms with E-state index in [9.17, 15) is 8.78 Å². The minimum Gasteiger partial charge on any atom is -0.501 e. The van der Waals surface area contributed by atoms with Gasteiger partial charge in [-0.1, -0.05) is 79.1 Å². The molecule has 4 aromatic heterocycles. The van der Waals surface area contributed by atoms with Crippen LogP contribution in [-0.2, 0) is 20.1 Å². The Morgan fingerprint density at radius 2 is 1.43 bits per heavy atom. The van der Waals surface area contributed by atoms with E-state index < -0.39 is 19.7 Å². The Hall–Kier alpha value is -6.09. The summed E-state index contributed by atoms with van der Waals surface area (Å²) in [6, 6.07) is 54.9. The number of aromatic nitrogens is 3. The second-order valence-corrected chi connectivity index (χ2v) is 21.7. The maximum atomic E-state index is 14.0. The topological polar surface area (TPSA) is 43.9 Å². The van der Waals surface area contributed by atoms with Gasteiger partial charge in [-0.15, -0.1) is 65.4 Å². The number of hydrogen-bond acceptors (Lipinski definition) is 4. The number of rotatable bonds is 5. The van der Waals surface area contributed by atoms with Crippen LogP contribution in [0.1, 0.15) is 0 Å². The molecule has 0 unspecified atom stereocenters. The zero-order valence-electron chi connectivity index (χ0n) is 32.8. The van der Waals surface area contributed by atoms with Gasteiger partial charge < -0.3 is 14.0 Å². The molecule has 11 aromatic rings. The summed E-state index contributed by atoms with van der Waals surface area (Å²) in [6.07, 6.45) is 2.02. The second-order valence-electron chi connectivity index (χ2n) is 15.6. The summed E-state index contributed by atoms with van der Waals surface area (Å²) in [7, 11) is -1.23. The van der Waals surface area contributed by atoms with Gasteiger partial charge in [-0.05, 0) is 82.7 Å². The van der Waals surface area contributed by atoms with Crippen molar-refractivity contribution in [1.82, 2.24) is 14.5 Å². The average molecular weight is 996 g/mol. The molecule has 1 radical (unpaired) electrons. The standard InChI is InChI=1S/C37H19F2N2OS.C14H16NSi.Ir/c38-23-16-22(17-24(39)19-23)21-12-14-33-29(18-21)27-7-5-8-28(36(27)42-33)37-40-31-9-2-3-10-32(31)41(37)25-13-15-35-30(20-25)26-6-1-4-11-34(26)43-35;1-16(2,3)13-9-10-14(15-11-13)12-7-5-4-6-8-12;/h1-7,9-20H;4-7,9-11H,1-3H3;/q2*-1;. The summed E-state index contributed by atoms with van der Waals surface area (Å²) in [5.74, 6) is -0.509. The van der Waals surface area contributed by atoms with E-state index in [1.165, 1.54) is 37.5 Å². The maximum Gasteiger partial charge on any atom is 0.126 e. The average Bonchev–Trinajstić information content (AvgIpc) is 3.94. The predicted molar refractivity (Wildman–Crippen MR) is 242 cm³/mol. The number of nitrogens with zero attached hydrogens (tertiary/aromatic N) is 3. The number of para-hydroxylation sites is 2. The molecule has 0 aliphatic carbocycles. The van der Waals surface area contributed by atoms with Crippen LogP contribution in [0.5, 0.6) is 0 Å². The van der Waals surface area contributed by atoms with E-state index in [1.807, 2.05) is 79.0 Å². The molecule has 7 aromatic carbocycles. The van der Waals surface area contributed by atoms with Gasteiger partial charge in [0.1, 0.15) is 17.2 Å². The van der Waals surface area contributed by atoms with E-state index in [-0.39, 0.29) is 20.1 Å². The van der Waals surface area contributed by atoms with Crippen molar-refractivity contribution in [3.05, 3.63) is 182 Å². The van der Waals surface area contributed by atoms with Crippen molar-refractivity contribution in [3.63, 3.8) is 0 Å². The Balaban J connectivity index is 0.000000230. The van der Waals surface area contributed by atoms with Crippen LogP contribution in [0.4, 0.5) is 8.78 Å². The van der Waals surface area contributed by atoms with Crippen LogP contribution < -0.4 is 5.19 Å². The molecule has 0 amide bonds. The van der Waals surface area contributed by atoms with Crippen LogP contribution in [0, 0.1) is 23.8 Å². The zero-order chi connectivity index (χ0) is 40.3. The molecule has 0 spiro atoms. The molecule has 0 saturated carbocycles. The number of benzene rings is 7. The Bertz CT molecular complexity index is 3330. The monoisotopic (exact) mass is 996 g/mol. The van der Waals surface area contributed by atoms with Gasteiger partial charge in [-0.2, -0.15) is 0 Å². The molecule has 0 fully saturated rings. The third-order valence-electron chi connectivity index (χ3n) is 10.6. The number of hydrogen-bond donors (Lipinski definition) is 0. The van der Waals surface area contributed by atoms with Crippen LogP contribution in [-0.4, -0.2) is 22.6 Å². The Morgan fingerprint density at radius 3 is 2.22 bits per heavy atom. The number of halogens is 2. The summed E-state index contributed by atoms with van der Waals surface area (Å²) < 4.78 is 39.1. The first-order valence-corrected chi connectivity index (χ1v) is 23.7. The first-order chi connectivity index (χ1) is 28.7. The SMILES string of the molecule is C[Si](C)(C)c1ccc(-c2[c-]cccc2)nc1.Fc1cc(F)cc(-c2ccc3oc4c(-c5nc6ccccc6n5-c5ccc6sc7ccccc7c6c5)[c-]ccc4c3c2)c1.[Ir]. The second kappa shape index (κ2) is 15.8. The molecule has 60 heavy (non-hydrogen) atoms. The van der Waals surface area contributed by atoms with E-state index in [0.29, 0.717) is 22.3 Å². The Morgan fingerprint density at radius 1 is 0.650 bits per heavy atom. The summed E-state index contributed by atoms with van der Waals surface area (Å²) in [5.41, 5.74) is 8.13. The molecule has 0 N–H and O–H groups in total. The molecule has 11 rings (SSSR count). The molecular weight excluding hydrogens is 961 g/mol. The van der Waals surface area contributed by atoms with Gasteiger partial charge in [0, 0.05) is 63.6 Å². The van der Waals surface area contributed by atoms with Crippen LogP contribution >= 0.6 is 11.3 Å². The number of pyridine rings is 1. The van der Waals surface area contributed by atoms with Crippen molar-refractivity contribution in [2.24, 2.45) is 0 Å². The summed E-state index contributed by atoms with van der Waals surface area (Å²) in [5, 5.41) is 5.55. The van der Waals surface area contributed by atoms with Gasteiger partial charge in [0.2, 0.25) is 0 Å². The molecule has 0 saturated heterocycles. The molecule has 0 aliphatic rings. The summed E-state index contributed by atoms with van der Waals surface area (Å²) >= 11 is 1.79. The van der Waals surface area contributed by atoms with Gasteiger partial charge in [-0.25, -0.2) is 8.78 Å². The minimum absolute atomic E-state index is 0. The molecule has 4 nitrogen and oxygen atoms in total. The summed E-state index contributed by atoms with van der Waals surface area (Å²) in [6.45, 7) is 7.00. The van der Waals surface area contributed by atoms with Crippen molar-refractivity contribution in [1.29, 1.82) is 0 Å². The van der Waals surface area contributed by atoms with Gasteiger partial charge in [0.15, 0.2) is 0 Å². The molecule has 0 bridgehead atoms. The Kier molecular flexibility index (Phi) is 10.4. The minimum atomic E-state index is -1.23. The van der Waals surface area contributed by atoms with Crippen LogP contribution in [0.2, 0.25) is 19.6 Å². The number of fused-ring (bicyclic) bond motifs is 7. The van der Waals surface area contributed by atoms with Crippen LogP contribution in [0.3, 0.4) is 0 Å². The fourth-order valence-corrected chi connectivity index (χ4v) is 9.79. The van der Waals surface area contributed by atoms with E-state index >= 15 is 0 Å². The smallest absolute Gasteiger partial charge is 0.126 e. The van der Waals surface area contributed by atoms with Crippen molar-refractivity contribution in [3.8, 4) is 39.5 Å². The number of furan rings is 1. The van der Waals surface area contributed by atoms with E-state index in [0.717, 1.165) is 56.2 Å². The van der Waals surface area contributed by atoms with Crippen molar-refractivity contribution < 1.29 is 33.3 Å². The molecule has 0 atom stereocenters. The quantitative estimate of drug-likeness (QED) is 0.127. The largest absolute Gasteiger partial charge is 0.501 e. The normalized spacial score (nSPS) is 11.6. The van der Waals surface area contributed by atoms with Crippen LogP contribution in [0.15, 0.2) is 162 Å². The molecule has 0 aliphatic heterocycles. The molecule has 4 heterocycles. The van der Waals surface area contributed by atoms with Crippen molar-refractivity contribution >= 4 is 77.7 Å². The fraction of sp³-hybridized carbons (Fsp3) is 0.0588. The molecule has 9 heteroatoms. The number of thiophene rings is 1. The van der Waals surface area contributed by atoms with E-state index in [4.69, 9.17) is 9.40 Å². The fourth-order valence-electron chi connectivity index (χ4n) is 7.67. The van der Waals surface area contributed by atoms with Crippen molar-refractivity contribution in [2.45, 2.75) is 19.6 Å². The first-order valence-electron chi connectivity index (χ1n) is 19.3. The van der Waals surface area contributed by atoms with Crippen molar-refractivity contribution in [2.75, 3.05) is 0 Å². The molecule has 295 valence electrons. The van der Waals surface area contributed by atoms with Gasteiger partial charge in [0.05, 0.1) is 30.5 Å². The summed E-state index contributed by atoms with van der Waals surface area (Å²) in [4.78, 5) is 9.60.